The zero-order valence-electron chi connectivity index (χ0n) is 10.4. The molecule has 1 aromatic rings. The van der Waals surface area contributed by atoms with Crippen LogP contribution in [0.25, 0.3) is 0 Å². The molecule has 4 heteroatoms. The summed E-state index contributed by atoms with van der Waals surface area (Å²) < 4.78 is 0. The molecule has 0 unspecified atom stereocenters. The number of nitrogens with zero attached hydrogens (tertiary/aromatic N) is 2. The second-order valence-corrected chi connectivity index (χ2v) is 4.50. The highest BCUT2D eigenvalue weighted by atomic mass is 16.2. The van der Waals surface area contributed by atoms with Crippen molar-refractivity contribution in [2.24, 2.45) is 0 Å². The number of rotatable bonds is 5. The van der Waals surface area contributed by atoms with E-state index in [9.17, 15) is 4.79 Å². The van der Waals surface area contributed by atoms with Crippen LogP contribution in [-0.4, -0.2) is 35.4 Å². The summed E-state index contributed by atoms with van der Waals surface area (Å²) in [6.07, 6.45) is 6.69. The van der Waals surface area contributed by atoms with E-state index in [1.165, 1.54) is 0 Å². The van der Waals surface area contributed by atoms with Crippen molar-refractivity contribution in [1.82, 2.24) is 9.88 Å². The van der Waals surface area contributed by atoms with Crippen molar-refractivity contribution in [2.45, 2.75) is 32.2 Å². The van der Waals surface area contributed by atoms with E-state index >= 15 is 0 Å². The molecule has 1 amide bonds. The van der Waals surface area contributed by atoms with Crippen LogP contribution in [0.3, 0.4) is 0 Å². The van der Waals surface area contributed by atoms with Crippen molar-refractivity contribution in [1.29, 1.82) is 0 Å². The van der Waals surface area contributed by atoms with E-state index in [4.69, 9.17) is 0 Å². The quantitative estimate of drug-likeness (QED) is 0.847. The van der Waals surface area contributed by atoms with E-state index in [0.29, 0.717) is 6.04 Å². The third kappa shape index (κ3) is 2.75. The first-order valence-corrected chi connectivity index (χ1v) is 6.19. The van der Waals surface area contributed by atoms with Crippen molar-refractivity contribution >= 4 is 11.6 Å². The summed E-state index contributed by atoms with van der Waals surface area (Å²) in [5.74, 6) is 0.0912. The first-order valence-electron chi connectivity index (χ1n) is 6.19. The standard InChI is InChI=1S/C13H19N3O/c1-3-7-15-12-9-14-8-6-11(12)13(17)16(2)10-4-5-10/h6,8-10,15H,3-5,7H2,1-2H3. The number of hydrogen-bond acceptors (Lipinski definition) is 3. The fraction of sp³-hybridized carbons (Fsp3) is 0.538. The molecule has 1 aromatic heterocycles. The van der Waals surface area contributed by atoms with Crippen LogP contribution in [0.2, 0.25) is 0 Å². The fourth-order valence-electron chi connectivity index (χ4n) is 1.80. The lowest BCUT2D eigenvalue weighted by Crippen LogP contribution is -2.29. The summed E-state index contributed by atoms with van der Waals surface area (Å²) in [6.45, 7) is 2.96. The summed E-state index contributed by atoms with van der Waals surface area (Å²) in [4.78, 5) is 18.2. The Morgan fingerprint density at radius 3 is 3.00 bits per heavy atom. The summed E-state index contributed by atoms with van der Waals surface area (Å²) >= 11 is 0. The minimum absolute atomic E-state index is 0.0912. The molecule has 0 radical (unpaired) electrons. The van der Waals surface area contributed by atoms with Gasteiger partial charge >= 0.3 is 0 Å². The maximum absolute atomic E-state index is 12.3. The molecule has 0 aromatic carbocycles. The van der Waals surface area contributed by atoms with Gasteiger partial charge in [-0.05, 0) is 25.3 Å². The van der Waals surface area contributed by atoms with Crippen molar-refractivity contribution in [3.63, 3.8) is 0 Å². The Labute approximate surface area is 102 Å². The second kappa shape index (κ2) is 5.17. The first-order chi connectivity index (χ1) is 8.24. The van der Waals surface area contributed by atoms with Gasteiger partial charge in [0.1, 0.15) is 0 Å². The first kappa shape index (κ1) is 11.9. The largest absolute Gasteiger partial charge is 0.383 e. The molecule has 1 saturated carbocycles. The molecule has 0 aliphatic heterocycles. The lowest BCUT2D eigenvalue weighted by atomic mass is 10.2. The monoisotopic (exact) mass is 233 g/mol. The summed E-state index contributed by atoms with van der Waals surface area (Å²) in [5, 5.41) is 3.25. The molecule has 1 N–H and O–H groups in total. The molecule has 0 bridgehead atoms. The van der Waals surface area contributed by atoms with Crippen LogP contribution in [0.4, 0.5) is 5.69 Å². The molecule has 1 heterocycles. The smallest absolute Gasteiger partial charge is 0.256 e. The van der Waals surface area contributed by atoms with E-state index in [1.807, 2.05) is 11.9 Å². The molecule has 1 aliphatic rings. The molecule has 2 rings (SSSR count). The Hall–Kier alpha value is -1.58. The number of anilines is 1. The maximum atomic E-state index is 12.3. The topological polar surface area (TPSA) is 45.2 Å². The zero-order chi connectivity index (χ0) is 12.3. The van der Waals surface area contributed by atoms with Crippen LogP contribution in [-0.2, 0) is 0 Å². The van der Waals surface area contributed by atoms with Crippen LogP contribution in [0.1, 0.15) is 36.5 Å². The predicted octanol–water partition coefficient (Wildman–Crippen LogP) is 2.14. The van der Waals surface area contributed by atoms with Gasteiger partial charge in [0.05, 0.1) is 17.4 Å². The Morgan fingerprint density at radius 2 is 2.35 bits per heavy atom. The third-order valence-corrected chi connectivity index (χ3v) is 3.03. The van der Waals surface area contributed by atoms with Gasteiger partial charge in [-0.1, -0.05) is 6.92 Å². The Balaban J connectivity index is 2.15. The van der Waals surface area contributed by atoms with E-state index < -0.39 is 0 Å². The SMILES string of the molecule is CCCNc1cnccc1C(=O)N(C)C1CC1. The van der Waals surface area contributed by atoms with Gasteiger partial charge in [0.25, 0.3) is 5.91 Å². The molecule has 0 saturated heterocycles. The molecule has 92 valence electrons. The average Bonchev–Trinajstić information content (AvgIpc) is 3.19. The molecular weight excluding hydrogens is 214 g/mol. The van der Waals surface area contributed by atoms with Crippen molar-refractivity contribution in [2.75, 3.05) is 18.9 Å². The molecule has 1 aliphatic carbocycles. The Morgan fingerprint density at radius 1 is 1.59 bits per heavy atom. The molecule has 4 nitrogen and oxygen atoms in total. The number of hydrogen-bond donors (Lipinski definition) is 1. The van der Waals surface area contributed by atoms with E-state index in [0.717, 1.165) is 37.1 Å². The molecule has 0 atom stereocenters. The minimum atomic E-state index is 0.0912. The van der Waals surface area contributed by atoms with E-state index in [2.05, 4.69) is 17.2 Å². The van der Waals surface area contributed by atoms with Crippen LogP contribution < -0.4 is 5.32 Å². The van der Waals surface area contributed by atoms with Gasteiger partial charge in [-0.3, -0.25) is 9.78 Å². The van der Waals surface area contributed by atoms with Gasteiger partial charge in [-0.25, -0.2) is 0 Å². The van der Waals surface area contributed by atoms with Gasteiger partial charge in [-0.2, -0.15) is 0 Å². The van der Waals surface area contributed by atoms with Crippen LogP contribution in [0.15, 0.2) is 18.5 Å². The van der Waals surface area contributed by atoms with Crippen LogP contribution >= 0.6 is 0 Å². The summed E-state index contributed by atoms with van der Waals surface area (Å²) in [6, 6.07) is 2.23. The van der Waals surface area contributed by atoms with E-state index in [-0.39, 0.29) is 5.91 Å². The van der Waals surface area contributed by atoms with Crippen LogP contribution in [0, 0.1) is 0 Å². The lowest BCUT2D eigenvalue weighted by Gasteiger charge is -2.18. The zero-order valence-corrected chi connectivity index (χ0v) is 10.4. The number of carbonyl (C=O) groups excluding carboxylic acids is 1. The molecular formula is C13H19N3O. The van der Waals surface area contributed by atoms with Crippen molar-refractivity contribution < 1.29 is 4.79 Å². The minimum Gasteiger partial charge on any atom is -0.383 e. The van der Waals surface area contributed by atoms with Gasteiger partial charge in [0.15, 0.2) is 0 Å². The highest BCUT2D eigenvalue weighted by Gasteiger charge is 2.30. The number of nitrogens with one attached hydrogen (secondary N) is 1. The van der Waals surface area contributed by atoms with Gasteiger partial charge < -0.3 is 10.2 Å². The normalized spacial score (nSPS) is 14.5. The van der Waals surface area contributed by atoms with Crippen LogP contribution in [0.5, 0.6) is 0 Å². The predicted molar refractivity (Wildman–Crippen MR) is 68.1 cm³/mol. The average molecular weight is 233 g/mol. The third-order valence-electron chi connectivity index (χ3n) is 3.03. The number of aromatic nitrogens is 1. The van der Waals surface area contributed by atoms with Gasteiger partial charge in [-0.15, -0.1) is 0 Å². The number of pyridine rings is 1. The second-order valence-electron chi connectivity index (χ2n) is 4.50. The molecule has 1 fully saturated rings. The van der Waals surface area contributed by atoms with E-state index in [1.54, 1.807) is 18.5 Å². The Bertz CT molecular complexity index is 401. The summed E-state index contributed by atoms with van der Waals surface area (Å²) in [7, 11) is 1.88. The fourth-order valence-corrected chi connectivity index (χ4v) is 1.80. The van der Waals surface area contributed by atoms with Gasteiger partial charge in [0, 0.05) is 25.8 Å². The highest BCUT2D eigenvalue weighted by Crippen LogP contribution is 2.27. The van der Waals surface area contributed by atoms with Crippen molar-refractivity contribution in [3.05, 3.63) is 24.0 Å². The molecule has 0 spiro atoms. The molecule has 17 heavy (non-hydrogen) atoms. The maximum Gasteiger partial charge on any atom is 0.256 e. The van der Waals surface area contributed by atoms with Crippen molar-refractivity contribution in [3.8, 4) is 0 Å². The van der Waals surface area contributed by atoms with Gasteiger partial charge in [0.2, 0.25) is 0 Å². The highest BCUT2D eigenvalue weighted by molar-refractivity contribution is 5.99. The number of amides is 1. The summed E-state index contributed by atoms with van der Waals surface area (Å²) in [5.41, 5.74) is 1.56. The number of carbonyl (C=O) groups is 1. The lowest BCUT2D eigenvalue weighted by molar-refractivity contribution is 0.0786. The Kier molecular flexibility index (Phi) is 3.61.